The Balaban J connectivity index is 1.70. The fourth-order valence-electron chi connectivity index (χ4n) is 2.39. The molecular formula is C20H15F3N2O2S. The van der Waals surface area contributed by atoms with Gasteiger partial charge in [0.1, 0.15) is 5.75 Å². The Morgan fingerprint density at radius 2 is 1.79 bits per heavy atom. The Kier molecular flexibility index (Phi) is 5.60. The van der Waals surface area contributed by atoms with Crippen molar-refractivity contribution < 1.29 is 23.1 Å². The van der Waals surface area contributed by atoms with E-state index in [9.17, 15) is 23.1 Å². The number of carbonyl (C=O) groups excluding carboxylic acids is 1. The summed E-state index contributed by atoms with van der Waals surface area (Å²) in [6, 6.07) is 13.3. The van der Waals surface area contributed by atoms with Gasteiger partial charge < -0.3 is 10.4 Å². The summed E-state index contributed by atoms with van der Waals surface area (Å²) in [5.74, 6) is -0.740. The van der Waals surface area contributed by atoms with Crippen LogP contribution < -0.4 is 5.32 Å². The summed E-state index contributed by atoms with van der Waals surface area (Å²) in [5, 5.41) is 12.6. The Morgan fingerprint density at radius 1 is 1.07 bits per heavy atom. The summed E-state index contributed by atoms with van der Waals surface area (Å²) in [4.78, 5) is 17.3. The van der Waals surface area contributed by atoms with E-state index in [1.807, 2.05) is 0 Å². The minimum atomic E-state index is -4.39. The van der Waals surface area contributed by atoms with E-state index >= 15 is 0 Å². The van der Waals surface area contributed by atoms with E-state index in [1.165, 1.54) is 24.0 Å². The summed E-state index contributed by atoms with van der Waals surface area (Å²) in [6.45, 7) is 1.66. The number of anilines is 1. The standard InChI is InChI=1S/C20H15F3N2O2S/c1-12-9-10-24-17(18(12)26)19(27)25-14-5-7-15(8-6-14)28-16-4-2-3-13(11-16)20(21,22)23/h2-11,26H,1H3,(H,25,27). The van der Waals surface area contributed by atoms with Crippen molar-refractivity contribution in [2.75, 3.05) is 5.32 Å². The smallest absolute Gasteiger partial charge is 0.416 e. The zero-order valence-corrected chi connectivity index (χ0v) is 15.4. The summed E-state index contributed by atoms with van der Waals surface area (Å²) < 4.78 is 38.4. The van der Waals surface area contributed by atoms with Crippen LogP contribution in [0, 0.1) is 6.92 Å². The molecule has 0 fully saturated rings. The van der Waals surface area contributed by atoms with Crippen LogP contribution in [0.25, 0.3) is 0 Å². The zero-order valence-electron chi connectivity index (χ0n) is 14.6. The number of carbonyl (C=O) groups is 1. The molecule has 2 N–H and O–H groups in total. The van der Waals surface area contributed by atoms with Gasteiger partial charge in [0.05, 0.1) is 5.56 Å². The molecule has 0 aliphatic rings. The number of benzene rings is 2. The van der Waals surface area contributed by atoms with Gasteiger partial charge in [-0.2, -0.15) is 13.2 Å². The molecule has 2 aromatic carbocycles. The van der Waals surface area contributed by atoms with Crippen molar-refractivity contribution in [2.45, 2.75) is 22.9 Å². The molecule has 0 unspecified atom stereocenters. The average Bonchev–Trinajstić information content (AvgIpc) is 2.65. The molecule has 0 saturated heterocycles. The number of aromatic nitrogens is 1. The molecule has 28 heavy (non-hydrogen) atoms. The van der Waals surface area contributed by atoms with Crippen LogP contribution in [-0.4, -0.2) is 16.0 Å². The molecule has 8 heteroatoms. The van der Waals surface area contributed by atoms with E-state index in [4.69, 9.17) is 0 Å². The third kappa shape index (κ3) is 4.64. The van der Waals surface area contributed by atoms with Crippen LogP contribution in [0.5, 0.6) is 5.75 Å². The van der Waals surface area contributed by atoms with E-state index in [2.05, 4.69) is 10.3 Å². The molecule has 0 radical (unpaired) electrons. The van der Waals surface area contributed by atoms with E-state index in [-0.39, 0.29) is 11.4 Å². The molecule has 0 saturated carbocycles. The number of nitrogens with one attached hydrogen (secondary N) is 1. The number of hydrogen-bond donors (Lipinski definition) is 2. The molecule has 4 nitrogen and oxygen atoms in total. The molecule has 3 rings (SSSR count). The summed E-state index contributed by atoms with van der Waals surface area (Å²) in [5.41, 5.74) is 0.225. The van der Waals surface area contributed by atoms with Gasteiger partial charge in [-0.25, -0.2) is 4.98 Å². The van der Waals surface area contributed by atoms with Crippen LogP contribution >= 0.6 is 11.8 Å². The molecule has 3 aromatic rings. The third-order valence-electron chi connectivity index (χ3n) is 3.85. The van der Waals surface area contributed by atoms with Gasteiger partial charge in [-0.1, -0.05) is 17.8 Å². The number of hydrogen-bond acceptors (Lipinski definition) is 4. The second-order valence-corrected chi connectivity index (χ2v) is 7.08. The van der Waals surface area contributed by atoms with Gasteiger partial charge >= 0.3 is 6.18 Å². The number of aryl methyl sites for hydroxylation is 1. The van der Waals surface area contributed by atoms with Gasteiger partial charge in [0.15, 0.2) is 5.69 Å². The third-order valence-corrected chi connectivity index (χ3v) is 4.85. The van der Waals surface area contributed by atoms with Crippen LogP contribution in [-0.2, 0) is 6.18 Å². The van der Waals surface area contributed by atoms with E-state index < -0.39 is 17.6 Å². The zero-order chi connectivity index (χ0) is 20.3. The fourth-order valence-corrected chi connectivity index (χ4v) is 3.26. The first-order chi connectivity index (χ1) is 13.2. The molecule has 0 aliphatic heterocycles. The number of halogens is 3. The molecule has 0 spiro atoms. The lowest BCUT2D eigenvalue weighted by Gasteiger charge is -2.10. The number of alkyl halides is 3. The highest BCUT2D eigenvalue weighted by Gasteiger charge is 2.30. The van der Waals surface area contributed by atoms with Gasteiger partial charge in [-0.3, -0.25) is 4.79 Å². The van der Waals surface area contributed by atoms with Crippen molar-refractivity contribution in [3.63, 3.8) is 0 Å². The van der Waals surface area contributed by atoms with Crippen LogP contribution in [0.3, 0.4) is 0 Å². The molecule has 0 bridgehead atoms. The molecule has 1 aromatic heterocycles. The van der Waals surface area contributed by atoms with Crippen molar-refractivity contribution in [3.05, 3.63) is 77.6 Å². The summed E-state index contributed by atoms with van der Waals surface area (Å²) in [7, 11) is 0. The SMILES string of the molecule is Cc1ccnc(C(=O)Nc2ccc(Sc3cccc(C(F)(F)F)c3)cc2)c1O. The minimum Gasteiger partial charge on any atom is -0.505 e. The number of aromatic hydroxyl groups is 1. The van der Waals surface area contributed by atoms with Crippen molar-refractivity contribution >= 4 is 23.4 Å². The quantitative estimate of drug-likeness (QED) is 0.601. The van der Waals surface area contributed by atoms with Gasteiger partial charge in [0.25, 0.3) is 5.91 Å². The van der Waals surface area contributed by atoms with Crippen molar-refractivity contribution in [2.24, 2.45) is 0 Å². The minimum absolute atomic E-state index is 0.0811. The Hall–Kier alpha value is -3.00. The topological polar surface area (TPSA) is 62.2 Å². The predicted octanol–water partition coefficient (Wildman–Crippen LogP) is 5.52. The lowest BCUT2D eigenvalue weighted by molar-refractivity contribution is -0.137. The lowest BCUT2D eigenvalue weighted by atomic mass is 10.2. The second kappa shape index (κ2) is 7.93. The number of rotatable bonds is 4. The maximum atomic E-state index is 12.8. The van der Waals surface area contributed by atoms with Crippen LogP contribution in [0.4, 0.5) is 18.9 Å². The monoisotopic (exact) mass is 404 g/mol. The van der Waals surface area contributed by atoms with Crippen LogP contribution in [0.1, 0.15) is 21.6 Å². The normalized spacial score (nSPS) is 11.3. The highest BCUT2D eigenvalue weighted by Crippen LogP contribution is 2.34. The Labute approximate surface area is 163 Å². The summed E-state index contributed by atoms with van der Waals surface area (Å²) in [6.07, 6.45) is -2.96. The molecule has 0 atom stereocenters. The van der Waals surface area contributed by atoms with Gasteiger partial charge in [-0.05, 0) is 61.0 Å². The molecule has 1 heterocycles. The summed E-state index contributed by atoms with van der Waals surface area (Å²) >= 11 is 1.18. The fraction of sp³-hybridized carbons (Fsp3) is 0.100. The van der Waals surface area contributed by atoms with Crippen LogP contribution in [0.2, 0.25) is 0 Å². The average molecular weight is 404 g/mol. The molecule has 1 amide bonds. The first-order valence-electron chi connectivity index (χ1n) is 8.15. The highest BCUT2D eigenvalue weighted by molar-refractivity contribution is 7.99. The lowest BCUT2D eigenvalue weighted by Crippen LogP contribution is -2.14. The van der Waals surface area contributed by atoms with Gasteiger partial charge in [0, 0.05) is 21.7 Å². The number of pyridine rings is 1. The molecular weight excluding hydrogens is 389 g/mol. The Bertz CT molecular complexity index is 1010. The van der Waals surface area contributed by atoms with Crippen molar-refractivity contribution in [1.82, 2.24) is 4.98 Å². The van der Waals surface area contributed by atoms with Crippen LogP contribution in [0.15, 0.2) is 70.6 Å². The van der Waals surface area contributed by atoms with E-state index in [0.29, 0.717) is 21.0 Å². The maximum absolute atomic E-state index is 12.8. The van der Waals surface area contributed by atoms with E-state index in [1.54, 1.807) is 43.3 Å². The first kappa shape index (κ1) is 19.8. The second-order valence-electron chi connectivity index (χ2n) is 5.93. The Morgan fingerprint density at radius 3 is 2.46 bits per heavy atom. The first-order valence-corrected chi connectivity index (χ1v) is 8.97. The largest absolute Gasteiger partial charge is 0.505 e. The molecule has 0 aliphatic carbocycles. The number of amides is 1. The molecule has 144 valence electrons. The van der Waals surface area contributed by atoms with E-state index in [0.717, 1.165) is 12.1 Å². The van der Waals surface area contributed by atoms with Crippen molar-refractivity contribution in [1.29, 1.82) is 0 Å². The highest BCUT2D eigenvalue weighted by atomic mass is 32.2. The van der Waals surface area contributed by atoms with Gasteiger partial charge in [0.2, 0.25) is 0 Å². The maximum Gasteiger partial charge on any atom is 0.416 e. The number of nitrogens with zero attached hydrogens (tertiary/aromatic N) is 1. The van der Waals surface area contributed by atoms with Crippen molar-refractivity contribution in [3.8, 4) is 5.75 Å². The van der Waals surface area contributed by atoms with Gasteiger partial charge in [-0.15, -0.1) is 0 Å². The predicted molar refractivity (Wildman–Crippen MR) is 101 cm³/mol.